The average Bonchev–Trinajstić information content (AvgIpc) is 2.67. The number of thiophene rings is 1. The van der Waals surface area contributed by atoms with Crippen LogP contribution >= 0.6 is 11.3 Å². The molecule has 0 aromatic carbocycles. The van der Waals surface area contributed by atoms with Crippen LogP contribution in [0.1, 0.15) is 49.2 Å². The Morgan fingerprint density at radius 3 is 2.19 bits per heavy atom. The van der Waals surface area contributed by atoms with Crippen LogP contribution in [0.2, 0.25) is 0 Å². The summed E-state index contributed by atoms with van der Waals surface area (Å²) < 4.78 is 0. The van der Waals surface area contributed by atoms with E-state index in [9.17, 15) is 4.79 Å². The second-order valence-corrected chi connectivity index (χ2v) is 5.98. The SMILES string of the molecule is CCN(CC)C(=O)c1ccc(C(C)(C)C)s1. The van der Waals surface area contributed by atoms with Crippen LogP contribution < -0.4 is 0 Å². The van der Waals surface area contributed by atoms with Gasteiger partial charge >= 0.3 is 0 Å². The summed E-state index contributed by atoms with van der Waals surface area (Å²) >= 11 is 1.62. The first kappa shape index (κ1) is 13.2. The molecule has 90 valence electrons. The van der Waals surface area contributed by atoms with Crippen LogP contribution in [0.25, 0.3) is 0 Å². The third kappa shape index (κ3) is 2.85. The van der Waals surface area contributed by atoms with Gasteiger partial charge in [0.15, 0.2) is 0 Å². The third-order valence-electron chi connectivity index (χ3n) is 2.61. The summed E-state index contributed by atoms with van der Waals surface area (Å²) in [6, 6.07) is 4.02. The van der Waals surface area contributed by atoms with Crippen LogP contribution in [-0.4, -0.2) is 23.9 Å². The zero-order valence-electron chi connectivity index (χ0n) is 10.8. The molecule has 3 heteroatoms. The topological polar surface area (TPSA) is 20.3 Å². The van der Waals surface area contributed by atoms with E-state index in [4.69, 9.17) is 0 Å². The summed E-state index contributed by atoms with van der Waals surface area (Å²) in [6.07, 6.45) is 0. The van der Waals surface area contributed by atoms with Crippen molar-refractivity contribution in [2.45, 2.75) is 40.0 Å². The van der Waals surface area contributed by atoms with E-state index in [1.165, 1.54) is 4.88 Å². The van der Waals surface area contributed by atoms with E-state index in [1.54, 1.807) is 11.3 Å². The summed E-state index contributed by atoms with van der Waals surface area (Å²) in [5.74, 6) is 0.158. The average molecular weight is 239 g/mol. The Balaban J connectivity index is 2.90. The molecule has 0 saturated heterocycles. The lowest BCUT2D eigenvalue weighted by Crippen LogP contribution is -2.29. The molecule has 1 aromatic heterocycles. The summed E-state index contributed by atoms with van der Waals surface area (Å²) in [5, 5.41) is 0. The zero-order valence-corrected chi connectivity index (χ0v) is 11.6. The molecule has 16 heavy (non-hydrogen) atoms. The first-order valence-electron chi connectivity index (χ1n) is 5.79. The highest BCUT2D eigenvalue weighted by atomic mass is 32.1. The van der Waals surface area contributed by atoms with Crippen LogP contribution in [0.15, 0.2) is 12.1 Å². The highest BCUT2D eigenvalue weighted by Crippen LogP contribution is 2.29. The molecule has 0 radical (unpaired) electrons. The van der Waals surface area contributed by atoms with Crippen LogP contribution in [0, 0.1) is 0 Å². The Morgan fingerprint density at radius 2 is 1.81 bits per heavy atom. The van der Waals surface area contributed by atoms with Crippen molar-refractivity contribution in [3.05, 3.63) is 21.9 Å². The van der Waals surface area contributed by atoms with E-state index in [1.807, 2.05) is 24.8 Å². The van der Waals surface area contributed by atoms with Gasteiger partial charge in [-0.1, -0.05) is 20.8 Å². The molecule has 0 atom stereocenters. The van der Waals surface area contributed by atoms with Crippen molar-refractivity contribution in [2.24, 2.45) is 0 Å². The van der Waals surface area contributed by atoms with Crippen molar-refractivity contribution in [3.8, 4) is 0 Å². The smallest absolute Gasteiger partial charge is 0.263 e. The summed E-state index contributed by atoms with van der Waals surface area (Å²) in [6.45, 7) is 12.1. The van der Waals surface area contributed by atoms with Gasteiger partial charge in [-0.05, 0) is 31.4 Å². The van der Waals surface area contributed by atoms with Gasteiger partial charge in [-0.2, -0.15) is 0 Å². The highest BCUT2D eigenvalue weighted by molar-refractivity contribution is 7.14. The van der Waals surface area contributed by atoms with Crippen LogP contribution in [0.3, 0.4) is 0 Å². The first-order chi connectivity index (χ1) is 7.40. The lowest BCUT2D eigenvalue weighted by Gasteiger charge is -2.18. The Labute approximate surface area is 102 Å². The molecule has 0 bridgehead atoms. The first-order valence-corrected chi connectivity index (χ1v) is 6.61. The van der Waals surface area contributed by atoms with E-state index < -0.39 is 0 Å². The number of nitrogens with zero attached hydrogens (tertiary/aromatic N) is 1. The van der Waals surface area contributed by atoms with Crippen molar-refractivity contribution in [1.29, 1.82) is 0 Å². The van der Waals surface area contributed by atoms with Gasteiger partial charge in [-0.25, -0.2) is 0 Å². The number of hydrogen-bond donors (Lipinski definition) is 0. The van der Waals surface area contributed by atoms with Crippen LogP contribution in [0.4, 0.5) is 0 Å². The number of rotatable bonds is 3. The molecule has 1 heterocycles. The second-order valence-electron chi connectivity index (χ2n) is 4.89. The van der Waals surface area contributed by atoms with Gasteiger partial charge in [0.25, 0.3) is 5.91 Å². The van der Waals surface area contributed by atoms with Gasteiger partial charge in [0, 0.05) is 18.0 Å². The summed E-state index contributed by atoms with van der Waals surface area (Å²) in [7, 11) is 0. The standard InChI is InChI=1S/C13H21NOS/c1-6-14(7-2)12(15)10-8-9-11(16-10)13(3,4)5/h8-9H,6-7H2,1-5H3. The van der Waals surface area contributed by atoms with Crippen molar-refractivity contribution < 1.29 is 4.79 Å². The van der Waals surface area contributed by atoms with Gasteiger partial charge in [-0.3, -0.25) is 4.79 Å². The zero-order chi connectivity index (χ0) is 12.3. The molecule has 1 amide bonds. The maximum Gasteiger partial charge on any atom is 0.263 e. The fourth-order valence-corrected chi connectivity index (χ4v) is 2.55. The molecule has 1 aromatic rings. The van der Waals surface area contributed by atoms with Crippen molar-refractivity contribution in [2.75, 3.05) is 13.1 Å². The monoisotopic (exact) mass is 239 g/mol. The minimum absolute atomic E-state index is 0.131. The second kappa shape index (κ2) is 5.00. The molecule has 1 rings (SSSR count). The normalized spacial score (nSPS) is 11.6. The van der Waals surface area contributed by atoms with Crippen LogP contribution in [-0.2, 0) is 5.41 Å². The van der Waals surface area contributed by atoms with Crippen molar-refractivity contribution in [1.82, 2.24) is 4.90 Å². The predicted molar refractivity (Wildman–Crippen MR) is 70.3 cm³/mol. The fourth-order valence-electron chi connectivity index (χ4n) is 1.52. The number of amides is 1. The van der Waals surface area contributed by atoms with E-state index in [2.05, 4.69) is 26.8 Å². The third-order valence-corrected chi connectivity index (χ3v) is 4.11. The van der Waals surface area contributed by atoms with Gasteiger partial charge in [-0.15, -0.1) is 11.3 Å². The van der Waals surface area contributed by atoms with E-state index in [0.29, 0.717) is 0 Å². The largest absolute Gasteiger partial charge is 0.339 e. The van der Waals surface area contributed by atoms with E-state index in [-0.39, 0.29) is 11.3 Å². The van der Waals surface area contributed by atoms with Gasteiger partial charge in [0.05, 0.1) is 4.88 Å². The lowest BCUT2D eigenvalue weighted by molar-refractivity contribution is 0.0778. The lowest BCUT2D eigenvalue weighted by atomic mass is 9.95. The molecular weight excluding hydrogens is 218 g/mol. The molecular formula is C13H21NOS. The number of hydrogen-bond acceptors (Lipinski definition) is 2. The molecule has 0 aliphatic carbocycles. The molecule has 0 saturated carbocycles. The number of carbonyl (C=O) groups is 1. The van der Waals surface area contributed by atoms with Crippen molar-refractivity contribution in [3.63, 3.8) is 0 Å². The minimum atomic E-state index is 0.131. The van der Waals surface area contributed by atoms with E-state index >= 15 is 0 Å². The fraction of sp³-hybridized carbons (Fsp3) is 0.615. The predicted octanol–water partition coefficient (Wildman–Crippen LogP) is 3.53. The quantitative estimate of drug-likeness (QED) is 0.790. The summed E-state index contributed by atoms with van der Waals surface area (Å²) in [4.78, 5) is 16.1. The van der Waals surface area contributed by atoms with Gasteiger partial charge in [0.1, 0.15) is 0 Å². The molecule has 0 aliphatic rings. The maximum atomic E-state index is 12.1. The van der Waals surface area contributed by atoms with Crippen LogP contribution in [0.5, 0.6) is 0 Å². The highest BCUT2D eigenvalue weighted by Gasteiger charge is 2.20. The Bertz CT molecular complexity index is 358. The molecule has 0 aliphatic heterocycles. The Kier molecular flexibility index (Phi) is 4.14. The molecule has 0 fully saturated rings. The Hall–Kier alpha value is -0.830. The molecule has 0 spiro atoms. The minimum Gasteiger partial charge on any atom is -0.339 e. The van der Waals surface area contributed by atoms with Crippen molar-refractivity contribution >= 4 is 17.2 Å². The summed E-state index contributed by atoms with van der Waals surface area (Å²) in [5.41, 5.74) is 0.131. The maximum absolute atomic E-state index is 12.1. The molecule has 2 nitrogen and oxygen atoms in total. The Morgan fingerprint density at radius 1 is 1.25 bits per heavy atom. The number of carbonyl (C=O) groups excluding carboxylic acids is 1. The molecule has 0 unspecified atom stereocenters. The van der Waals surface area contributed by atoms with Gasteiger partial charge in [0.2, 0.25) is 0 Å². The molecule has 0 N–H and O–H groups in total. The van der Waals surface area contributed by atoms with Gasteiger partial charge < -0.3 is 4.90 Å². The van der Waals surface area contributed by atoms with E-state index in [0.717, 1.165) is 18.0 Å².